The van der Waals surface area contributed by atoms with E-state index in [9.17, 15) is 0 Å². The Bertz CT molecular complexity index is 2980. The van der Waals surface area contributed by atoms with E-state index in [4.69, 9.17) is 0 Å². The summed E-state index contributed by atoms with van der Waals surface area (Å²) in [4.78, 5) is 0. The Hall–Kier alpha value is -6.86. The van der Waals surface area contributed by atoms with E-state index in [0.717, 1.165) is 24.6 Å². The molecular formula is C70H62P4. The quantitative estimate of drug-likeness (QED) is 0.0752. The number of hydrogen-bond donors (Lipinski definition) is 0. The van der Waals surface area contributed by atoms with Crippen molar-refractivity contribution in [3.8, 4) is 0 Å². The van der Waals surface area contributed by atoms with Crippen molar-refractivity contribution < 1.29 is 0 Å². The van der Waals surface area contributed by atoms with Crippen molar-refractivity contribution in [2.75, 3.05) is 24.6 Å². The molecule has 0 atom stereocenters. The standard InChI is InChI=1S/C70H62P4/c1-11-33-59(34-12-1)71(60-35-13-2-14-36-60)55-57-73(63-41-19-5-20-42-63,64-43-21-6-22-44-64,65-45-23-7-24-46-65)69-53-31-32-54-70(69)74(66-47-25-8-26-48-66,67-49-27-9-28-50-67,68-51-29-10-30-52-68)58-56-72(61-37-15-3-16-38-61)62-39-17-4-18-40-62/h1-54H,55-58H2. The molecule has 0 aromatic heterocycles. The van der Waals surface area contributed by atoms with E-state index >= 15 is 0 Å². The van der Waals surface area contributed by atoms with Gasteiger partial charge in [-0.2, -0.15) is 0 Å². The molecule has 0 radical (unpaired) electrons. The molecule has 0 fully saturated rings. The van der Waals surface area contributed by atoms with E-state index in [0.29, 0.717) is 0 Å². The molecule has 0 nitrogen and oxygen atoms in total. The fourth-order valence-corrected chi connectivity index (χ4v) is 34.8. The summed E-state index contributed by atoms with van der Waals surface area (Å²) in [5, 5.41) is 16.9. The second kappa shape index (κ2) is 21.9. The first kappa shape index (κ1) is 49.4. The molecule has 0 aliphatic rings. The van der Waals surface area contributed by atoms with Gasteiger partial charge in [0.25, 0.3) is 0 Å². The third-order valence-electron chi connectivity index (χ3n) is 15.7. The van der Waals surface area contributed by atoms with E-state index in [1.54, 1.807) is 0 Å². The Balaban J connectivity index is 1.34. The molecule has 11 aromatic rings. The average Bonchev–Trinajstić information content (AvgIpc) is 3.57. The Kier molecular flexibility index (Phi) is 14.6. The summed E-state index contributed by atoms with van der Waals surface area (Å²) in [6.45, 7) is -7.96. The van der Waals surface area contributed by atoms with Crippen LogP contribution in [0, 0.1) is 0 Å². The minimum absolute atomic E-state index is 0.812. The Labute approximate surface area is 442 Å². The third-order valence-corrected chi connectivity index (χ3v) is 35.4. The Morgan fingerprint density at radius 1 is 0.189 bits per heavy atom. The molecule has 0 spiro atoms. The van der Waals surface area contributed by atoms with Crippen LogP contribution < -0.4 is 63.7 Å². The van der Waals surface area contributed by atoms with Crippen molar-refractivity contribution in [2.45, 2.75) is 0 Å². The molecule has 0 heterocycles. The van der Waals surface area contributed by atoms with E-state index in [1.807, 2.05) is 0 Å². The molecular weight excluding hydrogens is 965 g/mol. The van der Waals surface area contributed by atoms with Crippen molar-refractivity contribution in [3.63, 3.8) is 0 Å². The topological polar surface area (TPSA) is 0 Å². The van der Waals surface area contributed by atoms with Gasteiger partial charge in [0.15, 0.2) is 0 Å². The molecule has 0 aliphatic carbocycles. The van der Waals surface area contributed by atoms with Crippen LogP contribution in [0.1, 0.15) is 0 Å². The molecule has 4 heteroatoms. The third kappa shape index (κ3) is 8.44. The first-order valence-electron chi connectivity index (χ1n) is 25.9. The molecule has 0 amide bonds. The zero-order valence-electron chi connectivity index (χ0n) is 41.8. The molecule has 0 bridgehead atoms. The summed E-state index contributed by atoms with van der Waals surface area (Å²) in [5.41, 5.74) is 0. The summed E-state index contributed by atoms with van der Waals surface area (Å²) in [5.74, 6) is 0. The van der Waals surface area contributed by atoms with Gasteiger partial charge >= 0.3 is 445 Å². The van der Waals surface area contributed by atoms with Crippen molar-refractivity contribution >= 4 is 92.7 Å². The van der Waals surface area contributed by atoms with E-state index in [2.05, 4.69) is 328 Å². The van der Waals surface area contributed by atoms with Gasteiger partial charge in [-0.25, -0.2) is 0 Å². The molecule has 0 N–H and O–H groups in total. The number of rotatable bonds is 18. The van der Waals surface area contributed by atoms with Crippen molar-refractivity contribution in [2.24, 2.45) is 0 Å². The van der Waals surface area contributed by atoms with Gasteiger partial charge < -0.3 is 0 Å². The van der Waals surface area contributed by atoms with Crippen LogP contribution >= 0.6 is 29.0 Å². The normalized spacial score (nSPS) is 12.8. The molecule has 0 aliphatic heterocycles. The van der Waals surface area contributed by atoms with Crippen LogP contribution in [0.4, 0.5) is 0 Å². The van der Waals surface area contributed by atoms with Crippen molar-refractivity contribution in [1.29, 1.82) is 0 Å². The first-order valence-corrected chi connectivity index (χ1v) is 33.8. The van der Waals surface area contributed by atoms with Crippen LogP contribution in [0.3, 0.4) is 0 Å². The molecule has 74 heavy (non-hydrogen) atoms. The van der Waals surface area contributed by atoms with Gasteiger partial charge in [0.05, 0.1) is 0 Å². The maximum absolute atomic E-state index is 3.98. The summed E-state index contributed by atoms with van der Waals surface area (Å²) in [7, 11) is -1.62. The minimum atomic E-state index is -3.98. The van der Waals surface area contributed by atoms with Crippen LogP contribution in [0.5, 0.6) is 0 Å². The number of benzene rings is 11. The maximum atomic E-state index is 2.61. The van der Waals surface area contributed by atoms with Crippen LogP contribution in [0.2, 0.25) is 0 Å². The summed E-state index contributed by atoms with van der Waals surface area (Å²) >= 11 is 0. The number of hydrogen-bond acceptors (Lipinski definition) is 0. The van der Waals surface area contributed by atoms with Crippen LogP contribution in [-0.4, -0.2) is 24.6 Å². The van der Waals surface area contributed by atoms with Gasteiger partial charge in [-0.1, -0.05) is 0 Å². The van der Waals surface area contributed by atoms with Crippen LogP contribution in [0.25, 0.3) is 0 Å². The van der Waals surface area contributed by atoms with E-state index < -0.39 is 29.0 Å². The van der Waals surface area contributed by atoms with Gasteiger partial charge in [-0.05, 0) is 0 Å². The molecule has 11 aromatic carbocycles. The zero-order valence-corrected chi connectivity index (χ0v) is 45.4. The fourth-order valence-electron chi connectivity index (χ4n) is 12.4. The predicted molar refractivity (Wildman–Crippen MR) is 334 cm³/mol. The zero-order chi connectivity index (χ0) is 50.0. The van der Waals surface area contributed by atoms with Gasteiger partial charge in [0.2, 0.25) is 0 Å². The molecule has 11 rings (SSSR count). The fraction of sp³-hybridized carbons (Fsp3) is 0.0571. The van der Waals surface area contributed by atoms with Crippen LogP contribution in [-0.2, 0) is 0 Å². The van der Waals surface area contributed by atoms with Crippen molar-refractivity contribution in [3.05, 3.63) is 328 Å². The molecule has 362 valence electrons. The average molecular weight is 1030 g/mol. The van der Waals surface area contributed by atoms with Gasteiger partial charge in [0, 0.05) is 0 Å². The summed E-state index contributed by atoms with van der Waals surface area (Å²) < 4.78 is 0. The second-order valence-electron chi connectivity index (χ2n) is 19.2. The summed E-state index contributed by atoms with van der Waals surface area (Å²) in [6, 6.07) is 126. The van der Waals surface area contributed by atoms with E-state index in [-0.39, 0.29) is 0 Å². The van der Waals surface area contributed by atoms with Crippen molar-refractivity contribution in [1.82, 2.24) is 0 Å². The Morgan fingerprint density at radius 2 is 0.351 bits per heavy atom. The molecule has 0 unspecified atom stereocenters. The first-order chi connectivity index (χ1) is 36.7. The predicted octanol–water partition coefficient (Wildman–Crippen LogP) is 12.3. The Morgan fingerprint density at radius 3 is 0.541 bits per heavy atom. The van der Waals surface area contributed by atoms with Gasteiger partial charge in [0.1, 0.15) is 0 Å². The van der Waals surface area contributed by atoms with E-state index in [1.165, 1.54) is 63.7 Å². The summed E-state index contributed by atoms with van der Waals surface area (Å²) in [6.07, 6.45) is 3.78. The molecule has 0 saturated carbocycles. The van der Waals surface area contributed by atoms with Crippen LogP contribution in [0.15, 0.2) is 328 Å². The van der Waals surface area contributed by atoms with Gasteiger partial charge in [-0.15, -0.1) is 0 Å². The van der Waals surface area contributed by atoms with Gasteiger partial charge in [-0.3, -0.25) is 0 Å². The molecule has 0 saturated heterocycles. The monoisotopic (exact) mass is 1030 g/mol. The SMILES string of the molecule is c1ccc(P(CCP(c2ccccc2)(c2ccccc2)(c2ccccc2)c2ccccc2P(CCP(c2ccccc2)c2ccccc2)(c2ccccc2)(c2ccccc2)c2ccccc2)c2ccccc2)cc1. The second-order valence-corrected chi connectivity index (χ2v) is 34.0.